The molecule has 0 radical (unpaired) electrons. The summed E-state index contributed by atoms with van der Waals surface area (Å²) < 4.78 is 7.18. The molecule has 8 nitrogen and oxygen atoms in total. The first-order chi connectivity index (χ1) is 17.0. The van der Waals surface area contributed by atoms with E-state index in [4.69, 9.17) is 28.6 Å². The smallest absolute Gasteiger partial charge is 0.248 e. The van der Waals surface area contributed by atoms with E-state index < -0.39 is 0 Å². The van der Waals surface area contributed by atoms with Gasteiger partial charge in [0.2, 0.25) is 5.91 Å². The van der Waals surface area contributed by atoms with E-state index in [1.807, 2.05) is 59.2 Å². The van der Waals surface area contributed by atoms with Gasteiger partial charge in [-0.05, 0) is 60.7 Å². The number of anilines is 1. The highest BCUT2D eigenvalue weighted by molar-refractivity contribution is 7.99. The molecule has 1 heterocycles. The van der Waals surface area contributed by atoms with Crippen molar-refractivity contribution in [2.75, 3.05) is 18.2 Å². The van der Waals surface area contributed by atoms with Crippen molar-refractivity contribution >= 4 is 52.3 Å². The lowest BCUT2D eigenvalue weighted by molar-refractivity contribution is -0.119. The van der Waals surface area contributed by atoms with Crippen LogP contribution < -0.4 is 20.9 Å². The van der Waals surface area contributed by atoms with E-state index in [0.29, 0.717) is 16.0 Å². The third-order valence-electron chi connectivity index (χ3n) is 4.75. The molecule has 0 spiro atoms. The molecule has 1 amide bonds. The van der Waals surface area contributed by atoms with Gasteiger partial charge >= 0.3 is 0 Å². The van der Waals surface area contributed by atoms with Crippen LogP contribution in [0.2, 0.25) is 5.02 Å². The quantitative estimate of drug-likeness (QED) is 0.182. The molecule has 4 aromatic rings. The summed E-state index contributed by atoms with van der Waals surface area (Å²) in [6.07, 6.45) is 0. The minimum Gasteiger partial charge on any atom is -0.497 e. The van der Waals surface area contributed by atoms with Gasteiger partial charge in [0.25, 0.3) is 0 Å². The summed E-state index contributed by atoms with van der Waals surface area (Å²) in [5.74, 6) is 1.23. The molecular formula is C24H21ClN6O2S2. The number of nitrogens with zero attached hydrogens (tertiary/aromatic N) is 3. The molecule has 0 unspecified atom stereocenters. The van der Waals surface area contributed by atoms with E-state index >= 15 is 0 Å². The first-order valence-electron chi connectivity index (χ1n) is 10.4. The lowest BCUT2D eigenvalue weighted by Crippen LogP contribution is -2.44. The second kappa shape index (κ2) is 11.7. The molecule has 3 aromatic carbocycles. The maximum atomic E-state index is 12.5. The minimum absolute atomic E-state index is 0.0969. The van der Waals surface area contributed by atoms with Crippen LogP contribution in [0.15, 0.2) is 84.0 Å². The maximum Gasteiger partial charge on any atom is 0.248 e. The summed E-state index contributed by atoms with van der Waals surface area (Å²) in [4.78, 5) is 12.5. The highest BCUT2D eigenvalue weighted by Crippen LogP contribution is 2.28. The predicted octanol–water partition coefficient (Wildman–Crippen LogP) is 4.71. The number of amides is 1. The SMILES string of the molecule is COc1ccc(-n2c(SCC(=O)NNC(=S)Nc3ccc(Cl)cc3)nnc2-c2ccccc2)cc1. The number of nitrogens with one attached hydrogen (secondary N) is 3. The zero-order valence-corrected chi connectivity index (χ0v) is 21.0. The van der Waals surface area contributed by atoms with E-state index in [1.54, 1.807) is 31.4 Å². The molecule has 0 aliphatic heterocycles. The number of thiocarbonyl (C=S) groups is 1. The number of halogens is 1. The summed E-state index contributed by atoms with van der Waals surface area (Å²) in [5.41, 5.74) is 7.78. The van der Waals surface area contributed by atoms with Gasteiger partial charge in [0.1, 0.15) is 5.75 Å². The number of thioether (sulfide) groups is 1. The maximum absolute atomic E-state index is 12.5. The second-order valence-corrected chi connectivity index (χ2v) is 8.92. The van der Waals surface area contributed by atoms with Crippen LogP contribution in [0, 0.1) is 0 Å². The highest BCUT2D eigenvalue weighted by Gasteiger charge is 2.17. The van der Waals surface area contributed by atoms with Gasteiger partial charge < -0.3 is 10.1 Å². The molecule has 1 aromatic heterocycles. The average molecular weight is 525 g/mol. The average Bonchev–Trinajstić information content (AvgIpc) is 3.32. The standard InChI is InChI=1S/C24H21ClN6O2S2/c1-33-20-13-11-19(12-14-20)31-22(16-5-3-2-4-6-16)28-30-24(31)35-15-21(32)27-29-23(34)26-18-9-7-17(25)8-10-18/h2-14H,15H2,1H3,(H,27,32)(H2,26,29,34). The second-order valence-electron chi connectivity index (χ2n) is 7.13. The minimum atomic E-state index is -0.277. The number of ether oxygens (including phenoxy) is 1. The van der Waals surface area contributed by atoms with Crippen LogP contribution in [0.1, 0.15) is 0 Å². The number of aromatic nitrogens is 3. The number of benzene rings is 3. The third kappa shape index (κ3) is 6.50. The van der Waals surface area contributed by atoms with Crippen molar-refractivity contribution in [1.82, 2.24) is 25.6 Å². The van der Waals surface area contributed by atoms with E-state index in [9.17, 15) is 4.79 Å². The Morgan fingerprint density at radius 3 is 2.40 bits per heavy atom. The van der Waals surface area contributed by atoms with E-state index in [1.165, 1.54) is 11.8 Å². The van der Waals surface area contributed by atoms with Crippen LogP contribution >= 0.6 is 35.6 Å². The van der Waals surface area contributed by atoms with Gasteiger partial charge in [-0.2, -0.15) is 0 Å². The van der Waals surface area contributed by atoms with Gasteiger partial charge in [0.05, 0.1) is 12.9 Å². The van der Waals surface area contributed by atoms with Crippen molar-refractivity contribution in [3.63, 3.8) is 0 Å². The number of hydrazine groups is 1. The van der Waals surface area contributed by atoms with E-state index in [-0.39, 0.29) is 16.8 Å². The Morgan fingerprint density at radius 2 is 1.71 bits per heavy atom. The zero-order valence-electron chi connectivity index (χ0n) is 18.6. The van der Waals surface area contributed by atoms with Gasteiger partial charge in [0.15, 0.2) is 16.1 Å². The molecule has 11 heteroatoms. The molecule has 4 rings (SSSR count). The number of carbonyl (C=O) groups is 1. The Morgan fingerprint density at radius 1 is 1.00 bits per heavy atom. The number of rotatable bonds is 7. The molecule has 0 aliphatic rings. The topological polar surface area (TPSA) is 93.1 Å². The summed E-state index contributed by atoms with van der Waals surface area (Å²) in [6, 6.07) is 24.4. The molecule has 0 fully saturated rings. The van der Waals surface area contributed by atoms with E-state index in [2.05, 4.69) is 26.4 Å². The van der Waals surface area contributed by atoms with Crippen molar-refractivity contribution in [2.24, 2.45) is 0 Å². The lowest BCUT2D eigenvalue weighted by Gasteiger charge is -2.12. The van der Waals surface area contributed by atoms with Gasteiger partial charge in [-0.15, -0.1) is 10.2 Å². The van der Waals surface area contributed by atoms with Crippen LogP contribution in [-0.4, -0.2) is 38.6 Å². The van der Waals surface area contributed by atoms with Crippen LogP contribution in [0.25, 0.3) is 17.1 Å². The fourth-order valence-corrected chi connectivity index (χ4v) is 4.14. The largest absolute Gasteiger partial charge is 0.497 e. The highest BCUT2D eigenvalue weighted by atomic mass is 35.5. The molecule has 0 saturated carbocycles. The predicted molar refractivity (Wildman–Crippen MR) is 143 cm³/mol. The fraction of sp³-hybridized carbons (Fsp3) is 0.0833. The fourth-order valence-electron chi connectivity index (χ4n) is 3.09. The normalized spacial score (nSPS) is 10.5. The number of carbonyl (C=O) groups excluding carboxylic acids is 1. The Kier molecular flexibility index (Phi) is 8.19. The third-order valence-corrected chi connectivity index (χ3v) is 6.13. The van der Waals surface area contributed by atoms with Crippen molar-refractivity contribution in [3.05, 3.63) is 83.9 Å². The Hall–Kier alpha value is -3.60. The zero-order chi connectivity index (χ0) is 24.6. The Bertz CT molecular complexity index is 1300. The molecule has 3 N–H and O–H groups in total. The summed E-state index contributed by atoms with van der Waals surface area (Å²) in [6.45, 7) is 0. The number of methoxy groups -OCH3 is 1. The molecule has 178 valence electrons. The Balaban J connectivity index is 1.42. The van der Waals surface area contributed by atoms with Crippen LogP contribution in [0.3, 0.4) is 0 Å². The van der Waals surface area contributed by atoms with Gasteiger partial charge in [-0.3, -0.25) is 20.2 Å². The van der Waals surface area contributed by atoms with Crippen LogP contribution in [0.4, 0.5) is 5.69 Å². The molecule has 0 aliphatic carbocycles. The van der Waals surface area contributed by atoms with Gasteiger partial charge in [0, 0.05) is 22.0 Å². The van der Waals surface area contributed by atoms with Crippen molar-refractivity contribution in [2.45, 2.75) is 5.16 Å². The van der Waals surface area contributed by atoms with Crippen LogP contribution in [0.5, 0.6) is 5.75 Å². The van der Waals surface area contributed by atoms with Crippen molar-refractivity contribution in [1.29, 1.82) is 0 Å². The van der Waals surface area contributed by atoms with E-state index in [0.717, 1.165) is 22.7 Å². The summed E-state index contributed by atoms with van der Waals surface area (Å²) in [7, 11) is 1.62. The van der Waals surface area contributed by atoms with Crippen LogP contribution in [-0.2, 0) is 4.79 Å². The molecular weight excluding hydrogens is 504 g/mol. The molecule has 0 saturated heterocycles. The first kappa shape index (κ1) is 24.5. The number of hydrogen-bond donors (Lipinski definition) is 3. The monoisotopic (exact) mass is 524 g/mol. The molecule has 0 atom stereocenters. The van der Waals surface area contributed by atoms with Crippen molar-refractivity contribution < 1.29 is 9.53 Å². The summed E-state index contributed by atoms with van der Waals surface area (Å²) >= 11 is 12.4. The van der Waals surface area contributed by atoms with Crippen molar-refractivity contribution in [3.8, 4) is 22.8 Å². The number of hydrogen-bond acceptors (Lipinski definition) is 6. The molecule has 0 bridgehead atoms. The van der Waals surface area contributed by atoms with Gasteiger partial charge in [-0.25, -0.2) is 0 Å². The first-order valence-corrected chi connectivity index (χ1v) is 12.2. The lowest BCUT2D eigenvalue weighted by atomic mass is 10.2. The van der Waals surface area contributed by atoms with Gasteiger partial charge in [-0.1, -0.05) is 53.7 Å². The summed E-state index contributed by atoms with van der Waals surface area (Å²) in [5, 5.41) is 13.1. The Labute approximate surface area is 217 Å². The molecule has 35 heavy (non-hydrogen) atoms.